The molecule has 2 rings (SSSR count). The summed E-state index contributed by atoms with van der Waals surface area (Å²) in [5, 5.41) is 4.35. The lowest BCUT2D eigenvalue weighted by Crippen LogP contribution is -2.19. The zero-order valence-corrected chi connectivity index (χ0v) is 9.02. The topological polar surface area (TPSA) is 51.0 Å². The molecule has 2 heterocycles. The number of aromatic nitrogens is 3. The molecule has 82 valence electrons. The molecule has 15 heavy (non-hydrogen) atoms. The lowest BCUT2D eigenvalue weighted by Gasteiger charge is -2.10. The van der Waals surface area contributed by atoms with Gasteiger partial charge in [0.2, 0.25) is 5.95 Å². The number of aldehydes is 1. The van der Waals surface area contributed by atoms with Crippen molar-refractivity contribution in [3.8, 4) is 0 Å². The summed E-state index contributed by atoms with van der Waals surface area (Å²) >= 11 is 0. The van der Waals surface area contributed by atoms with Gasteiger partial charge in [-0.15, -0.1) is 5.10 Å². The van der Waals surface area contributed by atoms with Crippen LogP contribution in [0.3, 0.4) is 0 Å². The Hall–Kier alpha value is -1.39. The first-order valence-corrected chi connectivity index (χ1v) is 5.50. The van der Waals surface area contributed by atoms with Crippen LogP contribution in [0.1, 0.15) is 36.8 Å². The van der Waals surface area contributed by atoms with Gasteiger partial charge in [-0.2, -0.15) is 4.98 Å². The van der Waals surface area contributed by atoms with Gasteiger partial charge in [-0.25, -0.2) is 4.68 Å². The summed E-state index contributed by atoms with van der Waals surface area (Å²) in [7, 11) is 0. The molecule has 0 aliphatic carbocycles. The molecule has 0 bridgehead atoms. The lowest BCUT2D eigenvalue weighted by molar-refractivity contribution is 0.111. The third-order valence-corrected chi connectivity index (χ3v) is 2.62. The lowest BCUT2D eigenvalue weighted by atomic mass is 10.4. The minimum atomic E-state index is 0.443. The molecular formula is C10H16N4O. The van der Waals surface area contributed by atoms with Gasteiger partial charge in [0.25, 0.3) is 0 Å². The Bertz CT molecular complexity index is 341. The van der Waals surface area contributed by atoms with Gasteiger partial charge in [-0.1, -0.05) is 6.92 Å². The maximum Gasteiger partial charge on any atom is 0.245 e. The zero-order valence-electron chi connectivity index (χ0n) is 9.02. The first-order chi connectivity index (χ1) is 7.35. The molecule has 0 unspecified atom stereocenters. The largest absolute Gasteiger partial charge is 0.340 e. The van der Waals surface area contributed by atoms with Crippen molar-refractivity contribution < 1.29 is 4.79 Å². The predicted octanol–water partition coefficient (Wildman–Crippen LogP) is 1.10. The van der Waals surface area contributed by atoms with Crippen molar-refractivity contribution in [2.75, 3.05) is 18.0 Å². The summed E-state index contributed by atoms with van der Waals surface area (Å²) in [6.45, 7) is 4.84. The molecule has 1 saturated heterocycles. The SMILES string of the molecule is CCCn1nc(N2CCCC2)nc1C=O. The number of anilines is 1. The third-order valence-electron chi connectivity index (χ3n) is 2.62. The fraction of sp³-hybridized carbons (Fsp3) is 0.700. The summed E-state index contributed by atoms with van der Waals surface area (Å²) in [5.41, 5.74) is 0. The Balaban J connectivity index is 2.21. The Morgan fingerprint density at radius 3 is 2.73 bits per heavy atom. The van der Waals surface area contributed by atoms with Crippen molar-refractivity contribution in [1.82, 2.24) is 14.8 Å². The van der Waals surface area contributed by atoms with E-state index in [1.165, 1.54) is 12.8 Å². The Kier molecular flexibility index (Phi) is 2.99. The van der Waals surface area contributed by atoms with E-state index in [1.54, 1.807) is 4.68 Å². The van der Waals surface area contributed by atoms with E-state index in [1.807, 2.05) is 0 Å². The number of hydrogen-bond acceptors (Lipinski definition) is 4. The molecule has 0 aromatic carbocycles. The van der Waals surface area contributed by atoms with Crippen LogP contribution in [0.15, 0.2) is 0 Å². The van der Waals surface area contributed by atoms with Crippen LogP contribution in [-0.2, 0) is 6.54 Å². The normalized spacial score (nSPS) is 15.9. The summed E-state index contributed by atoms with van der Waals surface area (Å²) in [5.74, 6) is 1.15. The van der Waals surface area contributed by atoms with E-state index in [2.05, 4.69) is 21.9 Å². The number of carbonyl (C=O) groups is 1. The minimum absolute atomic E-state index is 0.443. The molecule has 0 radical (unpaired) electrons. The number of nitrogens with zero attached hydrogens (tertiary/aromatic N) is 4. The molecule has 0 atom stereocenters. The van der Waals surface area contributed by atoms with Crippen molar-refractivity contribution >= 4 is 12.2 Å². The van der Waals surface area contributed by atoms with E-state index in [9.17, 15) is 4.79 Å². The van der Waals surface area contributed by atoms with Gasteiger partial charge >= 0.3 is 0 Å². The van der Waals surface area contributed by atoms with Crippen LogP contribution in [0.25, 0.3) is 0 Å². The standard InChI is InChI=1S/C10H16N4O/c1-2-5-14-9(8-15)11-10(12-14)13-6-3-4-7-13/h8H,2-7H2,1H3. The first kappa shape index (κ1) is 10.1. The van der Waals surface area contributed by atoms with Crippen LogP contribution < -0.4 is 4.90 Å². The van der Waals surface area contributed by atoms with Crippen LogP contribution in [0.2, 0.25) is 0 Å². The second-order valence-electron chi connectivity index (χ2n) is 3.81. The van der Waals surface area contributed by atoms with Gasteiger partial charge in [-0.05, 0) is 19.3 Å². The minimum Gasteiger partial charge on any atom is -0.340 e. The third kappa shape index (κ3) is 2.00. The Morgan fingerprint density at radius 1 is 1.40 bits per heavy atom. The van der Waals surface area contributed by atoms with E-state index in [0.29, 0.717) is 11.8 Å². The van der Waals surface area contributed by atoms with E-state index in [4.69, 9.17) is 0 Å². The Morgan fingerprint density at radius 2 is 2.13 bits per heavy atom. The molecule has 0 amide bonds. The highest BCUT2D eigenvalue weighted by Gasteiger charge is 2.18. The molecule has 0 spiro atoms. The maximum atomic E-state index is 10.8. The van der Waals surface area contributed by atoms with E-state index in [-0.39, 0.29) is 0 Å². The van der Waals surface area contributed by atoms with Crippen LogP contribution in [0, 0.1) is 0 Å². The highest BCUT2D eigenvalue weighted by Crippen LogP contribution is 2.15. The van der Waals surface area contributed by atoms with Gasteiger partial charge in [0.05, 0.1) is 0 Å². The number of carbonyl (C=O) groups excluding carboxylic acids is 1. The highest BCUT2D eigenvalue weighted by atomic mass is 16.1. The van der Waals surface area contributed by atoms with E-state index >= 15 is 0 Å². The zero-order chi connectivity index (χ0) is 10.7. The summed E-state index contributed by atoms with van der Waals surface area (Å²) < 4.78 is 1.70. The molecule has 0 N–H and O–H groups in total. The van der Waals surface area contributed by atoms with Crippen molar-refractivity contribution in [3.05, 3.63) is 5.82 Å². The Labute approximate surface area is 89.1 Å². The molecule has 1 aromatic rings. The molecule has 1 fully saturated rings. The van der Waals surface area contributed by atoms with Crippen LogP contribution in [-0.4, -0.2) is 34.1 Å². The van der Waals surface area contributed by atoms with Gasteiger partial charge < -0.3 is 4.90 Å². The molecular weight excluding hydrogens is 192 g/mol. The molecule has 1 aromatic heterocycles. The van der Waals surface area contributed by atoms with Crippen LogP contribution in [0.5, 0.6) is 0 Å². The number of aryl methyl sites for hydroxylation is 1. The first-order valence-electron chi connectivity index (χ1n) is 5.50. The van der Waals surface area contributed by atoms with Gasteiger partial charge in [0.15, 0.2) is 12.1 Å². The van der Waals surface area contributed by atoms with E-state index in [0.717, 1.165) is 32.3 Å². The second kappa shape index (κ2) is 4.42. The highest BCUT2D eigenvalue weighted by molar-refractivity contribution is 5.69. The second-order valence-corrected chi connectivity index (χ2v) is 3.81. The molecule has 1 aliphatic heterocycles. The number of rotatable bonds is 4. The molecule has 1 aliphatic rings. The fourth-order valence-corrected chi connectivity index (χ4v) is 1.86. The van der Waals surface area contributed by atoms with Crippen molar-refractivity contribution in [3.63, 3.8) is 0 Å². The number of hydrogen-bond donors (Lipinski definition) is 0. The van der Waals surface area contributed by atoms with Crippen molar-refractivity contribution in [1.29, 1.82) is 0 Å². The summed E-state index contributed by atoms with van der Waals surface area (Å²) in [4.78, 5) is 17.2. The molecule has 0 saturated carbocycles. The smallest absolute Gasteiger partial charge is 0.245 e. The van der Waals surface area contributed by atoms with Crippen molar-refractivity contribution in [2.45, 2.75) is 32.7 Å². The monoisotopic (exact) mass is 208 g/mol. The van der Waals surface area contributed by atoms with Crippen molar-refractivity contribution in [2.24, 2.45) is 0 Å². The van der Waals surface area contributed by atoms with Gasteiger partial charge in [-0.3, -0.25) is 4.79 Å². The summed E-state index contributed by atoms with van der Waals surface area (Å²) in [6, 6.07) is 0. The predicted molar refractivity (Wildman–Crippen MR) is 57.1 cm³/mol. The average molecular weight is 208 g/mol. The average Bonchev–Trinajstić information content (AvgIpc) is 2.84. The van der Waals surface area contributed by atoms with E-state index < -0.39 is 0 Å². The quantitative estimate of drug-likeness (QED) is 0.695. The molecule has 5 heteroatoms. The molecule has 5 nitrogen and oxygen atoms in total. The summed E-state index contributed by atoms with van der Waals surface area (Å²) in [6.07, 6.45) is 4.13. The maximum absolute atomic E-state index is 10.8. The fourth-order valence-electron chi connectivity index (χ4n) is 1.86. The van der Waals surface area contributed by atoms with Gasteiger partial charge in [0.1, 0.15) is 0 Å². The van der Waals surface area contributed by atoms with Gasteiger partial charge in [0, 0.05) is 19.6 Å². The van der Waals surface area contributed by atoms with Crippen LogP contribution in [0.4, 0.5) is 5.95 Å². The van der Waals surface area contributed by atoms with Crippen LogP contribution >= 0.6 is 0 Å².